The minimum absolute atomic E-state index is 0.0533. The number of ether oxygens (including phenoxy) is 1. The summed E-state index contributed by atoms with van der Waals surface area (Å²) in [6, 6.07) is 14.4. The van der Waals surface area contributed by atoms with Gasteiger partial charge in [-0.15, -0.1) is 0 Å². The number of benzene rings is 2. The quantitative estimate of drug-likeness (QED) is 0.533. The second-order valence-electron chi connectivity index (χ2n) is 6.27. The number of nitrogens with one attached hydrogen (secondary N) is 1. The highest BCUT2D eigenvalue weighted by Gasteiger charge is 2.07. The van der Waals surface area contributed by atoms with Gasteiger partial charge < -0.3 is 10.1 Å². The molecule has 0 spiro atoms. The Morgan fingerprint density at radius 3 is 2.61 bits per heavy atom. The third-order valence-corrected chi connectivity index (χ3v) is 4.06. The highest BCUT2D eigenvalue weighted by Crippen LogP contribution is 2.25. The molecule has 1 N–H and O–H groups in total. The van der Waals surface area contributed by atoms with E-state index in [0.29, 0.717) is 22.8 Å². The topological polar surface area (TPSA) is 59.9 Å². The summed E-state index contributed by atoms with van der Waals surface area (Å²) in [4.78, 5) is 12.9. The van der Waals surface area contributed by atoms with Crippen LogP contribution in [0.15, 0.2) is 60.9 Å². The van der Waals surface area contributed by atoms with E-state index in [1.54, 1.807) is 12.1 Å². The van der Waals surface area contributed by atoms with E-state index in [9.17, 15) is 8.78 Å². The number of rotatable bonds is 5. The number of hydrogen-bond donors (Lipinski definition) is 1. The summed E-state index contributed by atoms with van der Waals surface area (Å²) in [6.45, 7) is 1.96. The van der Waals surface area contributed by atoms with Gasteiger partial charge in [0.05, 0.1) is 5.39 Å². The standard InChI is InChI=1S/C21H16F2N4O/c1-13-5-6-19-20(26-13)24-12-25-21(19)27-17-3-2-4-18(10-17)28-11-14-7-15(22)9-16(23)8-14/h2-10,12H,11H2,1H3,(H,24,25,26,27). The van der Waals surface area contributed by atoms with Gasteiger partial charge in [0.25, 0.3) is 0 Å². The van der Waals surface area contributed by atoms with Gasteiger partial charge in [0.1, 0.15) is 36.1 Å². The van der Waals surface area contributed by atoms with Crippen molar-refractivity contribution >= 4 is 22.5 Å². The van der Waals surface area contributed by atoms with Gasteiger partial charge in [-0.2, -0.15) is 0 Å². The van der Waals surface area contributed by atoms with Gasteiger partial charge in [-0.3, -0.25) is 0 Å². The monoisotopic (exact) mass is 378 g/mol. The van der Waals surface area contributed by atoms with Crippen molar-refractivity contribution in [2.45, 2.75) is 13.5 Å². The Morgan fingerprint density at radius 2 is 1.79 bits per heavy atom. The smallest absolute Gasteiger partial charge is 0.164 e. The van der Waals surface area contributed by atoms with E-state index in [4.69, 9.17) is 4.74 Å². The lowest BCUT2D eigenvalue weighted by atomic mass is 10.2. The largest absolute Gasteiger partial charge is 0.489 e. The van der Waals surface area contributed by atoms with Gasteiger partial charge in [0.15, 0.2) is 5.65 Å². The number of aryl methyl sites for hydroxylation is 1. The molecule has 28 heavy (non-hydrogen) atoms. The molecule has 0 radical (unpaired) electrons. The van der Waals surface area contributed by atoms with Crippen LogP contribution in [0.25, 0.3) is 11.0 Å². The Kier molecular flexibility index (Phi) is 4.80. The molecule has 0 unspecified atom stereocenters. The summed E-state index contributed by atoms with van der Waals surface area (Å²) in [5, 5.41) is 4.03. The van der Waals surface area contributed by atoms with Crippen molar-refractivity contribution < 1.29 is 13.5 Å². The first-order valence-electron chi connectivity index (χ1n) is 8.60. The minimum atomic E-state index is -0.631. The molecule has 0 saturated carbocycles. The Bertz CT molecular complexity index is 1130. The molecule has 0 bridgehead atoms. The van der Waals surface area contributed by atoms with Gasteiger partial charge >= 0.3 is 0 Å². The number of aromatic nitrogens is 3. The Morgan fingerprint density at radius 1 is 0.964 bits per heavy atom. The van der Waals surface area contributed by atoms with Crippen LogP contribution >= 0.6 is 0 Å². The molecule has 0 amide bonds. The average molecular weight is 378 g/mol. The second kappa shape index (κ2) is 7.56. The van der Waals surface area contributed by atoms with Crippen LogP contribution in [0.5, 0.6) is 5.75 Å². The second-order valence-corrected chi connectivity index (χ2v) is 6.27. The number of anilines is 2. The average Bonchev–Trinajstić information content (AvgIpc) is 2.66. The lowest BCUT2D eigenvalue weighted by Crippen LogP contribution is -1.99. The van der Waals surface area contributed by atoms with Crippen LogP contribution in [0, 0.1) is 18.6 Å². The Labute approximate surface area is 160 Å². The van der Waals surface area contributed by atoms with Crippen LogP contribution in [0.2, 0.25) is 0 Å². The maximum Gasteiger partial charge on any atom is 0.164 e. The molecule has 7 heteroatoms. The van der Waals surface area contributed by atoms with Crippen molar-refractivity contribution in [2.75, 3.05) is 5.32 Å². The van der Waals surface area contributed by atoms with Crippen LogP contribution < -0.4 is 10.1 Å². The van der Waals surface area contributed by atoms with Crippen molar-refractivity contribution in [2.24, 2.45) is 0 Å². The summed E-state index contributed by atoms with van der Waals surface area (Å²) in [7, 11) is 0. The van der Waals surface area contributed by atoms with E-state index in [1.807, 2.05) is 31.2 Å². The van der Waals surface area contributed by atoms with Crippen LogP contribution in [0.1, 0.15) is 11.3 Å². The van der Waals surface area contributed by atoms with Gasteiger partial charge in [-0.25, -0.2) is 23.7 Å². The van der Waals surface area contributed by atoms with Crippen molar-refractivity contribution in [1.82, 2.24) is 15.0 Å². The van der Waals surface area contributed by atoms with E-state index in [1.165, 1.54) is 18.5 Å². The lowest BCUT2D eigenvalue weighted by molar-refractivity contribution is 0.305. The first-order chi connectivity index (χ1) is 13.6. The van der Waals surface area contributed by atoms with E-state index >= 15 is 0 Å². The van der Waals surface area contributed by atoms with Crippen LogP contribution in [-0.4, -0.2) is 15.0 Å². The zero-order valence-electron chi connectivity index (χ0n) is 15.0. The summed E-state index contributed by atoms with van der Waals surface area (Å²) < 4.78 is 32.2. The number of fused-ring (bicyclic) bond motifs is 1. The third kappa shape index (κ3) is 4.03. The molecule has 0 fully saturated rings. The molecule has 2 aromatic heterocycles. The molecule has 0 atom stereocenters. The maximum absolute atomic E-state index is 13.3. The zero-order valence-corrected chi connectivity index (χ0v) is 15.0. The highest BCUT2D eigenvalue weighted by atomic mass is 19.1. The normalized spacial score (nSPS) is 10.8. The van der Waals surface area contributed by atoms with Gasteiger partial charge in [0.2, 0.25) is 0 Å². The molecule has 0 aliphatic heterocycles. The van der Waals surface area contributed by atoms with Crippen molar-refractivity contribution in [3.05, 3.63) is 83.8 Å². The van der Waals surface area contributed by atoms with Crippen molar-refractivity contribution in [1.29, 1.82) is 0 Å². The molecular formula is C21H16F2N4O. The fourth-order valence-corrected chi connectivity index (χ4v) is 2.80. The maximum atomic E-state index is 13.3. The minimum Gasteiger partial charge on any atom is -0.489 e. The Hall–Kier alpha value is -3.61. The van der Waals surface area contributed by atoms with E-state index in [0.717, 1.165) is 22.8 Å². The number of nitrogens with zero attached hydrogens (tertiary/aromatic N) is 3. The summed E-state index contributed by atoms with van der Waals surface area (Å²) in [5.74, 6) is -0.0779. The zero-order chi connectivity index (χ0) is 19.5. The van der Waals surface area contributed by atoms with E-state index < -0.39 is 11.6 Å². The molecule has 140 valence electrons. The predicted octanol–water partition coefficient (Wildman–Crippen LogP) is 4.93. The molecule has 0 aliphatic rings. The van der Waals surface area contributed by atoms with Gasteiger partial charge in [-0.1, -0.05) is 6.07 Å². The number of halogens is 2. The van der Waals surface area contributed by atoms with Gasteiger partial charge in [-0.05, 0) is 48.9 Å². The van der Waals surface area contributed by atoms with Gasteiger partial charge in [0, 0.05) is 23.5 Å². The molecule has 5 nitrogen and oxygen atoms in total. The molecule has 2 aromatic carbocycles. The van der Waals surface area contributed by atoms with E-state index in [2.05, 4.69) is 20.3 Å². The first kappa shape index (κ1) is 17.8. The fraction of sp³-hybridized carbons (Fsp3) is 0.0952. The molecule has 0 aliphatic carbocycles. The van der Waals surface area contributed by atoms with Crippen LogP contribution in [0.3, 0.4) is 0 Å². The number of pyridine rings is 1. The summed E-state index contributed by atoms with van der Waals surface area (Å²) in [6.07, 6.45) is 1.45. The lowest BCUT2D eigenvalue weighted by Gasteiger charge is -2.11. The highest BCUT2D eigenvalue weighted by molar-refractivity contribution is 5.88. The van der Waals surface area contributed by atoms with Crippen molar-refractivity contribution in [3.8, 4) is 5.75 Å². The van der Waals surface area contributed by atoms with Crippen LogP contribution in [-0.2, 0) is 6.61 Å². The third-order valence-electron chi connectivity index (χ3n) is 4.06. The fourth-order valence-electron chi connectivity index (χ4n) is 2.80. The predicted molar refractivity (Wildman–Crippen MR) is 102 cm³/mol. The van der Waals surface area contributed by atoms with Crippen molar-refractivity contribution in [3.63, 3.8) is 0 Å². The van der Waals surface area contributed by atoms with E-state index in [-0.39, 0.29) is 6.61 Å². The number of hydrogen-bond acceptors (Lipinski definition) is 5. The SMILES string of the molecule is Cc1ccc2c(Nc3cccc(OCc4cc(F)cc(F)c4)c3)ncnc2n1. The summed E-state index contributed by atoms with van der Waals surface area (Å²) in [5.41, 5.74) is 2.65. The molecule has 0 saturated heterocycles. The first-order valence-corrected chi connectivity index (χ1v) is 8.60. The molecule has 2 heterocycles. The summed E-state index contributed by atoms with van der Waals surface area (Å²) >= 11 is 0. The molecular weight excluding hydrogens is 362 g/mol. The molecule has 4 aromatic rings. The Balaban J connectivity index is 1.53. The van der Waals surface area contributed by atoms with Crippen LogP contribution in [0.4, 0.5) is 20.3 Å². The molecule has 4 rings (SSSR count).